The molecule has 0 bridgehead atoms. The van der Waals surface area contributed by atoms with Gasteiger partial charge in [0, 0.05) is 30.7 Å². The second kappa shape index (κ2) is 12.0. The van der Waals surface area contributed by atoms with Gasteiger partial charge in [0.15, 0.2) is 5.69 Å². The van der Waals surface area contributed by atoms with Crippen molar-refractivity contribution >= 4 is 41.6 Å². The van der Waals surface area contributed by atoms with Gasteiger partial charge < -0.3 is 10.6 Å². The lowest BCUT2D eigenvalue weighted by atomic mass is 10.1. The molecule has 0 saturated heterocycles. The SMILES string of the molecule is Cc1c(C(=O)NCCNC2CCCCCC2)nnn1-c1ccc2ncccc2c1.Cl.Cl. The highest BCUT2D eigenvalue weighted by Crippen LogP contribution is 2.18. The highest BCUT2D eigenvalue weighted by Gasteiger charge is 2.17. The number of carbonyl (C=O) groups excluding carboxylic acids is 1. The summed E-state index contributed by atoms with van der Waals surface area (Å²) in [4.78, 5) is 16.9. The van der Waals surface area contributed by atoms with Crippen molar-refractivity contribution in [2.24, 2.45) is 0 Å². The van der Waals surface area contributed by atoms with E-state index in [1.807, 2.05) is 37.3 Å². The molecule has 1 saturated carbocycles. The third-order valence-electron chi connectivity index (χ3n) is 5.64. The van der Waals surface area contributed by atoms with Gasteiger partial charge in [0.05, 0.1) is 16.9 Å². The Morgan fingerprint density at radius 1 is 1.10 bits per heavy atom. The van der Waals surface area contributed by atoms with Crippen molar-refractivity contribution in [3.63, 3.8) is 0 Å². The molecule has 31 heavy (non-hydrogen) atoms. The number of halogens is 2. The number of fused-ring (bicyclic) bond motifs is 1. The quantitative estimate of drug-likeness (QED) is 0.425. The minimum atomic E-state index is -0.182. The van der Waals surface area contributed by atoms with Gasteiger partial charge in [-0.15, -0.1) is 29.9 Å². The summed E-state index contributed by atoms with van der Waals surface area (Å²) in [5.41, 5.74) is 2.88. The van der Waals surface area contributed by atoms with Gasteiger partial charge in [-0.25, -0.2) is 4.68 Å². The van der Waals surface area contributed by atoms with Crippen LogP contribution in [0.4, 0.5) is 0 Å². The number of nitrogens with zero attached hydrogens (tertiary/aromatic N) is 4. The van der Waals surface area contributed by atoms with Gasteiger partial charge >= 0.3 is 0 Å². The minimum Gasteiger partial charge on any atom is -0.349 e. The summed E-state index contributed by atoms with van der Waals surface area (Å²) >= 11 is 0. The molecule has 1 amide bonds. The van der Waals surface area contributed by atoms with Crippen LogP contribution in [-0.2, 0) is 0 Å². The second-order valence-electron chi connectivity index (χ2n) is 7.71. The van der Waals surface area contributed by atoms with Crippen molar-refractivity contribution in [1.29, 1.82) is 0 Å². The van der Waals surface area contributed by atoms with E-state index in [1.165, 1.54) is 38.5 Å². The standard InChI is InChI=1S/C22H28N6O.2ClH/c1-16-21(22(29)25-14-13-23-18-8-4-2-3-5-9-18)26-27-28(16)19-10-11-20-17(15-19)7-6-12-24-20;;/h6-7,10-12,15,18,23H,2-5,8-9,13-14H2,1H3,(H,25,29);2*1H. The van der Waals surface area contributed by atoms with E-state index < -0.39 is 0 Å². The Morgan fingerprint density at radius 3 is 2.65 bits per heavy atom. The minimum absolute atomic E-state index is 0. The molecule has 0 aliphatic heterocycles. The lowest BCUT2D eigenvalue weighted by molar-refractivity contribution is 0.0948. The summed E-state index contributed by atoms with van der Waals surface area (Å²) in [6, 6.07) is 10.4. The summed E-state index contributed by atoms with van der Waals surface area (Å²) < 4.78 is 1.70. The highest BCUT2D eigenvalue weighted by molar-refractivity contribution is 5.93. The fraction of sp³-hybridized carbons (Fsp3) is 0.455. The summed E-state index contributed by atoms with van der Waals surface area (Å²) in [5.74, 6) is -0.182. The van der Waals surface area contributed by atoms with Gasteiger partial charge in [-0.1, -0.05) is 37.0 Å². The van der Waals surface area contributed by atoms with Gasteiger partial charge in [-0.2, -0.15) is 0 Å². The zero-order valence-corrected chi connectivity index (χ0v) is 19.3. The smallest absolute Gasteiger partial charge is 0.273 e. The van der Waals surface area contributed by atoms with E-state index in [4.69, 9.17) is 0 Å². The van der Waals surface area contributed by atoms with E-state index in [-0.39, 0.29) is 30.7 Å². The fourth-order valence-corrected chi connectivity index (χ4v) is 4.00. The normalized spacial score (nSPS) is 14.4. The Hall–Kier alpha value is -2.22. The topological polar surface area (TPSA) is 84.7 Å². The van der Waals surface area contributed by atoms with Gasteiger partial charge in [0.2, 0.25) is 0 Å². The summed E-state index contributed by atoms with van der Waals surface area (Å²) in [7, 11) is 0. The van der Waals surface area contributed by atoms with Gasteiger partial charge in [-0.3, -0.25) is 9.78 Å². The Bertz CT molecular complexity index is 985. The van der Waals surface area contributed by atoms with E-state index in [9.17, 15) is 4.79 Å². The van der Waals surface area contributed by atoms with E-state index >= 15 is 0 Å². The first kappa shape index (κ1) is 25.0. The predicted molar refractivity (Wildman–Crippen MR) is 128 cm³/mol. The maximum Gasteiger partial charge on any atom is 0.273 e. The van der Waals surface area contributed by atoms with Crippen LogP contribution in [0.25, 0.3) is 16.6 Å². The summed E-state index contributed by atoms with van der Waals surface area (Å²) in [6.45, 7) is 3.23. The zero-order valence-electron chi connectivity index (χ0n) is 17.7. The van der Waals surface area contributed by atoms with Gasteiger partial charge in [0.25, 0.3) is 5.91 Å². The first-order valence-electron chi connectivity index (χ1n) is 10.5. The number of nitrogens with one attached hydrogen (secondary N) is 2. The van der Waals surface area contributed by atoms with Crippen LogP contribution >= 0.6 is 24.8 Å². The van der Waals surface area contributed by atoms with E-state index in [1.54, 1.807) is 10.9 Å². The molecule has 9 heteroatoms. The van der Waals surface area contributed by atoms with E-state index in [0.29, 0.717) is 18.3 Å². The molecular formula is C22H30Cl2N6O. The monoisotopic (exact) mass is 464 g/mol. The number of amides is 1. The average molecular weight is 465 g/mol. The Morgan fingerprint density at radius 2 is 1.87 bits per heavy atom. The second-order valence-corrected chi connectivity index (χ2v) is 7.71. The molecule has 0 radical (unpaired) electrons. The number of rotatable bonds is 6. The lowest BCUT2D eigenvalue weighted by Gasteiger charge is -2.16. The third-order valence-corrected chi connectivity index (χ3v) is 5.64. The van der Waals surface area contributed by atoms with Crippen LogP contribution in [0, 0.1) is 6.92 Å². The maximum atomic E-state index is 12.6. The molecule has 1 fully saturated rings. The molecule has 1 aliphatic rings. The van der Waals surface area contributed by atoms with Crippen molar-refractivity contribution in [3.05, 3.63) is 47.9 Å². The molecule has 168 valence electrons. The number of hydrogen-bond acceptors (Lipinski definition) is 5. The summed E-state index contributed by atoms with van der Waals surface area (Å²) in [5, 5.41) is 15.9. The number of carbonyl (C=O) groups is 1. The number of aromatic nitrogens is 4. The van der Waals surface area contributed by atoms with Crippen LogP contribution in [0.15, 0.2) is 36.5 Å². The largest absolute Gasteiger partial charge is 0.349 e. The molecule has 0 atom stereocenters. The van der Waals surface area contributed by atoms with Crippen LogP contribution in [0.1, 0.15) is 54.7 Å². The van der Waals surface area contributed by atoms with Crippen molar-refractivity contribution in [2.45, 2.75) is 51.5 Å². The number of benzene rings is 1. The molecule has 3 aromatic rings. The molecule has 2 N–H and O–H groups in total. The maximum absolute atomic E-state index is 12.6. The molecule has 1 aromatic carbocycles. The molecule has 2 heterocycles. The Kier molecular flexibility index (Phi) is 9.68. The number of pyridine rings is 1. The molecule has 0 unspecified atom stereocenters. The van der Waals surface area contributed by atoms with Crippen LogP contribution in [0.2, 0.25) is 0 Å². The Balaban J connectivity index is 0.00000171. The van der Waals surface area contributed by atoms with Crippen molar-refractivity contribution in [1.82, 2.24) is 30.6 Å². The third kappa shape index (κ3) is 6.15. The summed E-state index contributed by atoms with van der Waals surface area (Å²) in [6.07, 6.45) is 9.55. The van der Waals surface area contributed by atoms with Crippen LogP contribution < -0.4 is 10.6 Å². The fourth-order valence-electron chi connectivity index (χ4n) is 4.00. The zero-order chi connectivity index (χ0) is 20.1. The van der Waals surface area contributed by atoms with Crippen LogP contribution in [-0.4, -0.2) is 45.0 Å². The predicted octanol–water partition coefficient (Wildman–Crippen LogP) is 4.01. The molecule has 1 aliphatic carbocycles. The molecule has 7 nitrogen and oxygen atoms in total. The van der Waals surface area contributed by atoms with Crippen LogP contribution in [0.5, 0.6) is 0 Å². The average Bonchev–Trinajstić information content (AvgIpc) is 2.95. The van der Waals surface area contributed by atoms with Crippen molar-refractivity contribution < 1.29 is 4.79 Å². The first-order chi connectivity index (χ1) is 14.2. The van der Waals surface area contributed by atoms with Crippen LogP contribution in [0.3, 0.4) is 0 Å². The molecule has 2 aromatic heterocycles. The van der Waals surface area contributed by atoms with Crippen molar-refractivity contribution in [2.75, 3.05) is 13.1 Å². The number of hydrogen-bond donors (Lipinski definition) is 2. The van der Waals surface area contributed by atoms with E-state index in [2.05, 4.69) is 25.9 Å². The Labute approximate surface area is 195 Å². The van der Waals surface area contributed by atoms with E-state index in [0.717, 1.165) is 28.8 Å². The lowest BCUT2D eigenvalue weighted by Crippen LogP contribution is -2.37. The molecular weight excluding hydrogens is 435 g/mol. The van der Waals surface area contributed by atoms with Gasteiger partial charge in [0.1, 0.15) is 0 Å². The molecule has 4 rings (SSSR count). The highest BCUT2D eigenvalue weighted by atomic mass is 35.5. The first-order valence-corrected chi connectivity index (χ1v) is 10.5. The van der Waals surface area contributed by atoms with Gasteiger partial charge in [-0.05, 0) is 44.0 Å². The van der Waals surface area contributed by atoms with Crippen molar-refractivity contribution in [3.8, 4) is 5.69 Å². The molecule has 0 spiro atoms.